The standard InChI is InChI=1S/C31H21ClN2/c32-31-27-19-20(14-16-23(27)24-10-4-6-12-28(24)33-31)21-15-17-30-26(18-21)25-11-5-7-13-29(25)34(30)22-8-2-1-3-9-22/h1-3,5,7-19H,4,6H2. The number of halogens is 1. The number of fused-ring (bicyclic) bond motifs is 6. The van der Waals surface area contributed by atoms with E-state index in [1.807, 2.05) is 0 Å². The first-order valence-electron chi connectivity index (χ1n) is 11.7. The van der Waals surface area contributed by atoms with Crippen LogP contribution in [0.4, 0.5) is 0 Å². The van der Waals surface area contributed by atoms with Gasteiger partial charge in [-0.15, -0.1) is 0 Å². The van der Waals surface area contributed by atoms with E-state index in [2.05, 4.69) is 113 Å². The second-order valence-electron chi connectivity index (χ2n) is 8.87. The van der Waals surface area contributed by atoms with Crippen LogP contribution in [0.2, 0.25) is 5.15 Å². The van der Waals surface area contributed by atoms with E-state index in [4.69, 9.17) is 11.6 Å². The Labute approximate surface area is 202 Å². The predicted molar refractivity (Wildman–Crippen MR) is 144 cm³/mol. The van der Waals surface area contributed by atoms with Gasteiger partial charge in [-0.25, -0.2) is 4.98 Å². The Balaban J connectivity index is 1.47. The second-order valence-corrected chi connectivity index (χ2v) is 9.23. The Morgan fingerprint density at radius 3 is 2.21 bits per heavy atom. The fourth-order valence-corrected chi connectivity index (χ4v) is 5.57. The zero-order valence-electron chi connectivity index (χ0n) is 18.5. The highest BCUT2D eigenvalue weighted by Gasteiger charge is 2.14. The summed E-state index contributed by atoms with van der Waals surface area (Å²) in [5, 5.41) is 7.47. The quantitative estimate of drug-likeness (QED) is 0.256. The molecule has 4 aromatic carbocycles. The Morgan fingerprint density at radius 1 is 0.618 bits per heavy atom. The highest BCUT2D eigenvalue weighted by molar-refractivity contribution is 6.34. The maximum Gasteiger partial charge on any atom is 0.137 e. The van der Waals surface area contributed by atoms with Crippen molar-refractivity contribution in [1.82, 2.24) is 9.55 Å². The summed E-state index contributed by atoms with van der Waals surface area (Å²) in [6, 6.07) is 32.5. The SMILES string of the molecule is Clc1nc2c(c3ccc(-c4ccc5c(c4)c4ccccc4n5-c4ccccc4)cc13)=CCCC=2. The third kappa shape index (κ3) is 2.92. The lowest BCUT2D eigenvalue weighted by molar-refractivity contribution is 1.09. The first kappa shape index (κ1) is 19.6. The van der Waals surface area contributed by atoms with E-state index in [0.29, 0.717) is 5.15 Å². The summed E-state index contributed by atoms with van der Waals surface area (Å²) in [6.45, 7) is 0. The fourth-order valence-electron chi connectivity index (χ4n) is 5.32. The minimum Gasteiger partial charge on any atom is -0.309 e. The van der Waals surface area contributed by atoms with Crippen molar-refractivity contribution in [3.05, 3.63) is 107 Å². The molecule has 0 radical (unpaired) electrons. The molecule has 0 aliphatic heterocycles. The summed E-state index contributed by atoms with van der Waals surface area (Å²) in [4.78, 5) is 4.68. The first-order chi connectivity index (χ1) is 16.8. The van der Waals surface area contributed by atoms with E-state index in [9.17, 15) is 0 Å². The van der Waals surface area contributed by atoms with Gasteiger partial charge in [0.2, 0.25) is 0 Å². The normalized spacial score (nSPS) is 13.1. The van der Waals surface area contributed by atoms with E-state index >= 15 is 0 Å². The third-order valence-electron chi connectivity index (χ3n) is 6.90. The van der Waals surface area contributed by atoms with Crippen molar-refractivity contribution in [3.63, 3.8) is 0 Å². The van der Waals surface area contributed by atoms with Gasteiger partial charge < -0.3 is 4.57 Å². The van der Waals surface area contributed by atoms with Gasteiger partial charge in [-0.1, -0.05) is 78.4 Å². The van der Waals surface area contributed by atoms with Gasteiger partial charge in [0.1, 0.15) is 5.15 Å². The molecule has 2 aromatic heterocycles. The van der Waals surface area contributed by atoms with Crippen LogP contribution in [0.5, 0.6) is 0 Å². The highest BCUT2D eigenvalue weighted by Crippen LogP contribution is 2.35. The van der Waals surface area contributed by atoms with Crippen LogP contribution in [0.3, 0.4) is 0 Å². The molecule has 1 aliphatic rings. The Bertz CT molecular complexity index is 1860. The monoisotopic (exact) mass is 456 g/mol. The number of pyridine rings is 1. The molecule has 0 fully saturated rings. The zero-order chi connectivity index (χ0) is 22.6. The van der Waals surface area contributed by atoms with Crippen molar-refractivity contribution in [1.29, 1.82) is 0 Å². The molecule has 0 spiro atoms. The maximum atomic E-state index is 6.65. The molecule has 0 saturated heterocycles. The fraction of sp³-hybridized carbons (Fsp3) is 0.0645. The van der Waals surface area contributed by atoms with Gasteiger partial charge in [-0.2, -0.15) is 0 Å². The molecule has 0 N–H and O–H groups in total. The largest absolute Gasteiger partial charge is 0.309 e. The minimum atomic E-state index is 0.573. The van der Waals surface area contributed by atoms with Crippen LogP contribution < -0.4 is 10.6 Å². The maximum absolute atomic E-state index is 6.65. The third-order valence-corrected chi connectivity index (χ3v) is 7.19. The van der Waals surface area contributed by atoms with Gasteiger partial charge in [0.25, 0.3) is 0 Å². The Kier molecular flexibility index (Phi) is 4.36. The van der Waals surface area contributed by atoms with Crippen molar-refractivity contribution >= 4 is 56.3 Å². The van der Waals surface area contributed by atoms with Crippen molar-refractivity contribution in [2.75, 3.05) is 0 Å². The summed E-state index contributed by atoms with van der Waals surface area (Å²) in [5.41, 5.74) is 5.91. The number of nitrogens with zero attached hydrogens (tertiary/aromatic N) is 2. The predicted octanol–water partition coefficient (Wildman–Crippen LogP) is 7.01. The first-order valence-corrected chi connectivity index (χ1v) is 12.0. The van der Waals surface area contributed by atoms with E-state index in [-0.39, 0.29) is 0 Å². The van der Waals surface area contributed by atoms with Crippen LogP contribution in [0.25, 0.3) is 61.5 Å². The summed E-state index contributed by atoms with van der Waals surface area (Å²) in [6.07, 6.45) is 6.54. The molecule has 0 amide bonds. The molecule has 6 aromatic rings. The van der Waals surface area contributed by atoms with Crippen LogP contribution in [0.15, 0.2) is 91.0 Å². The van der Waals surface area contributed by atoms with Crippen molar-refractivity contribution in [2.24, 2.45) is 0 Å². The number of rotatable bonds is 2. The number of hydrogen-bond acceptors (Lipinski definition) is 1. The summed E-state index contributed by atoms with van der Waals surface area (Å²) in [5.74, 6) is 0. The molecule has 0 unspecified atom stereocenters. The Morgan fingerprint density at radius 2 is 1.32 bits per heavy atom. The topological polar surface area (TPSA) is 17.8 Å². The van der Waals surface area contributed by atoms with Crippen molar-refractivity contribution < 1.29 is 0 Å². The van der Waals surface area contributed by atoms with Crippen LogP contribution >= 0.6 is 11.6 Å². The molecule has 0 saturated carbocycles. The second kappa shape index (κ2) is 7.58. The lowest BCUT2D eigenvalue weighted by Crippen LogP contribution is -2.30. The molecule has 162 valence electrons. The number of hydrogen-bond donors (Lipinski definition) is 0. The molecular weight excluding hydrogens is 436 g/mol. The summed E-state index contributed by atoms with van der Waals surface area (Å²) in [7, 11) is 0. The number of para-hydroxylation sites is 2. The smallest absolute Gasteiger partial charge is 0.137 e. The molecule has 1 aliphatic carbocycles. The summed E-state index contributed by atoms with van der Waals surface area (Å²) >= 11 is 6.65. The Hall–Kier alpha value is -3.88. The van der Waals surface area contributed by atoms with E-state index < -0.39 is 0 Å². The van der Waals surface area contributed by atoms with Gasteiger partial charge >= 0.3 is 0 Å². The minimum absolute atomic E-state index is 0.573. The van der Waals surface area contributed by atoms with Crippen LogP contribution in [-0.2, 0) is 0 Å². The van der Waals surface area contributed by atoms with E-state index in [1.54, 1.807) is 0 Å². The van der Waals surface area contributed by atoms with Crippen LogP contribution in [-0.4, -0.2) is 9.55 Å². The number of benzene rings is 4. The molecule has 0 atom stereocenters. The van der Waals surface area contributed by atoms with Crippen LogP contribution in [0.1, 0.15) is 12.8 Å². The molecule has 2 nitrogen and oxygen atoms in total. The van der Waals surface area contributed by atoms with Gasteiger partial charge in [-0.05, 0) is 65.8 Å². The zero-order valence-corrected chi connectivity index (χ0v) is 19.3. The van der Waals surface area contributed by atoms with Gasteiger partial charge in [0.15, 0.2) is 0 Å². The average molecular weight is 457 g/mol. The summed E-state index contributed by atoms with van der Waals surface area (Å²) < 4.78 is 2.34. The lowest BCUT2D eigenvalue weighted by atomic mass is 9.98. The van der Waals surface area contributed by atoms with Gasteiger partial charge in [-0.3, -0.25) is 0 Å². The van der Waals surface area contributed by atoms with Crippen molar-refractivity contribution in [3.8, 4) is 16.8 Å². The van der Waals surface area contributed by atoms with Crippen molar-refractivity contribution in [2.45, 2.75) is 12.8 Å². The number of aromatic nitrogens is 2. The molecule has 0 bridgehead atoms. The van der Waals surface area contributed by atoms with E-state index in [1.165, 1.54) is 43.7 Å². The van der Waals surface area contributed by atoms with Crippen LogP contribution in [0, 0.1) is 0 Å². The van der Waals surface area contributed by atoms with Gasteiger partial charge in [0.05, 0.1) is 16.4 Å². The molecular formula is C31H21ClN2. The average Bonchev–Trinajstić information content (AvgIpc) is 3.23. The van der Waals surface area contributed by atoms with Gasteiger partial charge in [0, 0.05) is 27.1 Å². The molecule has 7 rings (SSSR count). The lowest BCUT2D eigenvalue weighted by Gasteiger charge is -2.10. The van der Waals surface area contributed by atoms with E-state index in [0.717, 1.165) is 29.1 Å². The molecule has 2 heterocycles. The highest BCUT2D eigenvalue weighted by atomic mass is 35.5. The molecule has 3 heteroatoms. The molecule has 34 heavy (non-hydrogen) atoms.